The summed E-state index contributed by atoms with van der Waals surface area (Å²) in [6, 6.07) is -0.187. The van der Waals surface area contributed by atoms with E-state index in [1.807, 2.05) is 6.92 Å². The van der Waals surface area contributed by atoms with E-state index in [1.165, 1.54) is 0 Å². The minimum atomic E-state index is -0.338. The number of amides is 1. The Balaban J connectivity index is 0.00000144. The maximum Gasteiger partial charge on any atom is 0.239 e. The van der Waals surface area contributed by atoms with E-state index in [-0.39, 0.29) is 30.4 Å². The molecule has 1 amide bonds. The molecule has 1 fully saturated rings. The van der Waals surface area contributed by atoms with Crippen LogP contribution in [0.5, 0.6) is 0 Å². The van der Waals surface area contributed by atoms with E-state index < -0.39 is 0 Å². The fourth-order valence-corrected chi connectivity index (χ4v) is 1.40. The topological polar surface area (TPSA) is 72.4 Å². The molecule has 0 unspecified atom stereocenters. The predicted molar refractivity (Wildman–Crippen MR) is 54.7 cm³/mol. The largest absolute Gasteiger partial charge is 0.340 e. The van der Waals surface area contributed by atoms with E-state index in [2.05, 4.69) is 0 Å². The summed E-state index contributed by atoms with van der Waals surface area (Å²) in [5.41, 5.74) is 11.3. The normalized spacial score (nSPS) is 23.9. The minimum absolute atomic E-state index is 0. The van der Waals surface area contributed by atoms with Crippen LogP contribution in [0.15, 0.2) is 0 Å². The second-order valence-electron chi connectivity index (χ2n) is 3.35. The van der Waals surface area contributed by atoms with Crippen LogP contribution in [0, 0.1) is 0 Å². The first-order valence-corrected chi connectivity index (χ1v) is 4.45. The number of likely N-dealkylation sites (tertiary alicyclic amines) is 1. The van der Waals surface area contributed by atoms with Crippen molar-refractivity contribution >= 4 is 18.3 Å². The SMILES string of the molecule is CC[C@H](N)C(=O)N1CC[C@H](N)C1.Cl. The third-order valence-electron chi connectivity index (χ3n) is 2.29. The Morgan fingerprint density at radius 2 is 2.31 bits per heavy atom. The summed E-state index contributed by atoms with van der Waals surface area (Å²) in [6.07, 6.45) is 1.60. The van der Waals surface area contributed by atoms with Gasteiger partial charge < -0.3 is 16.4 Å². The summed E-state index contributed by atoms with van der Waals surface area (Å²) in [6.45, 7) is 3.36. The molecule has 1 saturated heterocycles. The molecule has 0 aliphatic carbocycles. The van der Waals surface area contributed by atoms with Gasteiger partial charge in [0.1, 0.15) is 0 Å². The third kappa shape index (κ3) is 3.14. The first kappa shape index (κ1) is 12.7. The number of nitrogens with two attached hydrogens (primary N) is 2. The van der Waals surface area contributed by atoms with Gasteiger partial charge in [0.15, 0.2) is 0 Å². The van der Waals surface area contributed by atoms with E-state index in [9.17, 15) is 4.79 Å². The molecular weight excluding hydrogens is 190 g/mol. The van der Waals surface area contributed by atoms with Crippen LogP contribution in [0.2, 0.25) is 0 Å². The molecule has 0 saturated carbocycles. The van der Waals surface area contributed by atoms with Gasteiger partial charge in [-0.3, -0.25) is 4.79 Å². The standard InChI is InChI=1S/C8H17N3O.ClH/c1-2-7(10)8(12)11-4-3-6(9)5-11;/h6-7H,2-5,9-10H2,1H3;1H/t6-,7-;/m0./s1. The lowest BCUT2D eigenvalue weighted by molar-refractivity contribution is -0.131. The summed E-state index contributed by atoms with van der Waals surface area (Å²) < 4.78 is 0. The molecule has 0 radical (unpaired) electrons. The van der Waals surface area contributed by atoms with Gasteiger partial charge in [-0.15, -0.1) is 12.4 Å². The fourth-order valence-electron chi connectivity index (χ4n) is 1.40. The van der Waals surface area contributed by atoms with Gasteiger partial charge in [-0.25, -0.2) is 0 Å². The van der Waals surface area contributed by atoms with Crippen LogP contribution in [-0.2, 0) is 4.79 Å². The van der Waals surface area contributed by atoms with Gasteiger partial charge in [0.25, 0.3) is 0 Å². The Morgan fingerprint density at radius 3 is 2.69 bits per heavy atom. The number of halogens is 1. The molecule has 4 N–H and O–H groups in total. The fraction of sp³-hybridized carbons (Fsp3) is 0.875. The van der Waals surface area contributed by atoms with Crippen molar-refractivity contribution in [3.63, 3.8) is 0 Å². The maximum atomic E-state index is 11.5. The summed E-state index contributed by atoms with van der Waals surface area (Å²) >= 11 is 0. The van der Waals surface area contributed by atoms with Crippen LogP contribution in [0.25, 0.3) is 0 Å². The lowest BCUT2D eigenvalue weighted by Gasteiger charge is -2.19. The molecular formula is C8H18ClN3O. The first-order valence-electron chi connectivity index (χ1n) is 4.45. The van der Waals surface area contributed by atoms with Crippen LogP contribution < -0.4 is 11.5 Å². The number of carbonyl (C=O) groups excluding carboxylic acids is 1. The van der Waals surface area contributed by atoms with Crippen molar-refractivity contribution in [3.8, 4) is 0 Å². The molecule has 0 spiro atoms. The minimum Gasteiger partial charge on any atom is -0.340 e. The summed E-state index contributed by atoms with van der Waals surface area (Å²) in [5.74, 6) is 0.0467. The van der Waals surface area contributed by atoms with Gasteiger partial charge in [0.05, 0.1) is 6.04 Å². The van der Waals surface area contributed by atoms with Gasteiger partial charge in [-0.2, -0.15) is 0 Å². The molecule has 0 aromatic carbocycles. The highest BCUT2D eigenvalue weighted by molar-refractivity contribution is 5.85. The van der Waals surface area contributed by atoms with Crippen molar-refractivity contribution in [2.24, 2.45) is 11.5 Å². The van der Waals surface area contributed by atoms with E-state index in [4.69, 9.17) is 11.5 Å². The Morgan fingerprint density at radius 1 is 1.69 bits per heavy atom. The maximum absolute atomic E-state index is 11.5. The van der Waals surface area contributed by atoms with Gasteiger partial charge in [0, 0.05) is 19.1 Å². The Kier molecular flexibility index (Phi) is 5.29. The molecule has 1 aliphatic heterocycles. The molecule has 1 rings (SSSR count). The molecule has 13 heavy (non-hydrogen) atoms. The highest BCUT2D eigenvalue weighted by Gasteiger charge is 2.26. The monoisotopic (exact) mass is 207 g/mol. The lowest BCUT2D eigenvalue weighted by Crippen LogP contribution is -2.43. The van der Waals surface area contributed by atoms with Gasteiger partial charge in [-0.05, 0) is 12.8 Å². The number of hydrogen-bond donors (Lipinski definition) is 2. The average molecular weight is 208 g/mol. The van der Waals surface area contributed by atoms with Crippen molar-refractivity contribution < 1.29 is 4.79 Å². The van der Waals surface area contributed by atoms with Crippen LogP contribution in [0.3, 0.4) is 0 Å². The van der Waals surface area contributed by atoms with Crippen LogP contribution in [0.1, 0.15) is 19.8 Å². The molecule has 0 aromatic heterocycles. The molecule has 78 valence electrons. The van der Waals surface area contributed by atoms with Crippen molar-refractivity contribution in [2.45, 2.75) is 31.8 Å². The first-order chi connectivity index (χ1) is 5.65. The van der Waals surface area contributed by atoms with Crippen LogP contribution in [0.4, 0.5) is 0 Å². The average Bonchev–Trinajstić information content (AvgIpc) is 2.49. The highest BCUT2D eigenvalue weighted by atomic mass is 35.5. The van der Waals surface area contributed by atoms with Crippen molar-refractivity contribution in [1.29, 1.82) is 0 Å². The van der Waals surface area contributed by atoms with Crippen molar-refractivity contribution in [3.05, 3.63) is 0 Å². The van der Waals surface area contributed by atoms with Gasteiger partial charge >= 0.3 is 0 Å². The molecule has 0 bridgehead atoms. The second-order valence-corrected chi connectivity index (χ2v) is 3.35. The zero-order valence-corrected chi connectivity index (χ0v) is 8.72. The van der Waals surface area contributed by atoms with E-state index in [0.717, 1.165) is 13.0 Å². The zero-order valence-electron chi connectivity index (χ0n) is 7.90. The molecule has 5 heteroatoms. The third-order valence-corrected chi connectivity index (χ3v) is 2.29. The quantitative estimate of drug-likeness (QED) is 0.654. The Bertz CT molecular complexity index is 177. The van der Waals surface area contributed by atoms with Crippen molar-refractivity contribution in [1.82, 2.24) is 4.90 Å². The second kappa shape index (κ2) is 5.42. The number of nitrogens with zero attached hydrogens (tertiary/aromatic N) is 1. The van der Waals surface area contributed by atoms with E-state index >= 15 is 0 Å². The number of carbonyl (C=O) groups is 1. The van der Waals surface area contributed by atoms with Gasteiger partial charge in [0.2, 0.25) is 5.91 Å². The zero-order chi connectivity index (χ0) is 9.14. The summed E-state index contributed by atoms with van der Waals surface area (Å²) in [7, 11) is 0. The Labute approximate surface area is 85.0 Å². The highest BCUT2D eigenvalue weighted by Crippen LogP contribution is 2.08. The van der Waals surface area contributed by atoms with E-state index in [0.29, 0.717) is 13.0 Å². The molecule has 1 aliphatic rings. The predicted octanol–water partition coefficient (Wildman–Crippen LogP) is -0.295. The smallest absolute Gasteiger partial charge is 0.239 e. The van der Waals surface area contributed by atoms with Crippen LogP contribution >= 0.6 is 12.4 Å². The molecule has 2 atom stereocenters. The Hall–Kier alpha value is -0.320. The number of hydrogen-bond acceptors (Lipinski definition) is 3. The summed E-state index contributed by atoms with van der Waals surface area (Å²) in [5, 5.41) is 0. The summed E-state index contributed by atoms with van der Waals surface area (Å²) in [4.78, 5) is 13.2. The molecule has 1 heterocycles. The van der Waals surface area contributed by atoms with Crippen LogP contribution in [-0.4, -0.2) is 36.0 Å². The lowest BCUT2D eigenvalue weighted by atomic mass is 10.2. The van der Waals surface area contributed by atoms with E-state index in [1.54, 1.807) is 4.90 Å². The molecule has 0 aromatic rings. The molecule has 4 nitrogen and oxygen atoms in total. The number of rotatable bonds is 2. The van der Waals surface area contributed by atoms with Gasteiger partial charge in [-0.1, -0.05) is 6.92 Å². The van der Waals surface area contributed by atoms with Crippen molar-refractivity contribution in [2.75, 3.05) is 13.1 Å².